The molecule has 6 rings (SSSR count). The Morgan fingerprint density at radius 1 is 0.911 bits per heavy atom. The zero-order valence-corrected chi connectivity index (χ0v) is 32.9. The van der Waals surface area contributed by atoms with E-state index in [9.17, 15) is 27.9 Å². The minimum absolute atomic E-state index is 0.0654. The van der Waals surface area contributed by atoms with Crippen molar-refractivity contribution in [1.29, 1.82) is 0 Å². The van der Waals surface area contributed by atoms with Crippen LogP contribution in [0.1, 0.15) is 81.9 Å². The first-order valence-electron chi connectivity index (χ1n) is 19.1. The van der Waals surface area contributed by atoms with Gasteiger partial charge in [-0.25, -0.2) is 18.1 Å². The lowest BCUT2D eigenvalue weighted by Crippen LogP contribution is -2.46. The number of rotatable bonds is 16. The minimum Gasteiger partial charge on any atom is -0.394 e. The van der Waals surface area contributed by atoms with Crippen LogP contribution in [0.3, 0.4) is 0 Å². The van der Waals surface area contributed by atoms with Crippen LogP contribution in [-0.4, -0.2) is 90.1 Å². The Kier molecular flexibility index (Phi) is 13.0. The van der Waals surface area contributed by atoms with Crippen molar-refractivity contribution in [2.75, 3.05) is 33.4 Å². The highest BCUT2D eigenvalue weighted by Gasteiger charge is 2.33. The number of aliphatic hydroxyl groups is 1. The number of aliphatic hydroxyl groups excluding tert-OH is 1. The molecule has 294 valence electrons. The number of nitrogens with one attached hydrogen (secondary N) is 1. The number of amides is 3. The third-order valence-corrected chi connectivity index (χ3v) is 11.5. The zero-order valence-electron chi connectivity index (χ0n) is 32.1. The number of sulfonamides is 1. The van der Waals surface area contributed by atoms with E-state index in [2.05, 4.69) is 18.6 Å². The summed E-state index contributed by atoms with van der Waals surface area (Å²) < 4.78 is 36.4. The predicted molar refractivity (Wildman–Crippen MR) is 215 cm³/mol. The number of benzene rings is 4. The van der Waals surface area contributed by atoms with Crippen molar-refractivity contribution in [3.63, 3.8) is 0 Å². The lowest BCUT2D eigenvalue weighted by atomic mass is 9.92. The molecule has 0 radical (unpaired) electrons. The van der Waals surface area contributed by atoms with E-state index in [1.165, 1.54) is 24.3 Å². The van der Waals surface area contributed by atoms with E-state index in [-0.39, 0.29) is 47.4 Å². The largest absolute Gasteiger partial charge is 0.394 e. The fourth-order valence-electron chi connectivity index (χ4n) is 7.04. The normalized spacial score (nSPS) is 14.1. The molecule has 12 nitrogen and oxygen atoms in total. The van der Waals surface area contributed by atoms with Crippen molar-refractivity contribution in [2.45, 2.75) is 70.0 Å². The molecular weight excluding hydrogens is 731 g/mol. The van der Waals surface area contributed by atoms with E-state index < -0.39 is 27.9 Å². The van der Waals surface area contributed by atoms with Gasteiger partial charge in [-0.2, -0.15) is 0 Å². The van der Waals surface area contributed by atoms with Crippen LogP contribution in [-0.2, 0) is 34.3 Å². The van der Waals surface area contributed by atoms with Crippen LogP contribution < -0.4 is 4.72 Å². The average Bonchev–Trinajstić information content (AvgIpc) is 3.65. The molecule has 0 aliphatic carbocycles. The summed E-state index contributed by atoms with van der Waals surface area (Å²) >= 11 is 0. The molecule has 0 fully saturated rings. The lowest BCUT2D eigenvalue weighted by molar-refractivity contribution is 0.0544. The Morgan fingerprint density at radius 3 is 2.30 bits per heavy atom. The molecule has 4 aromatic carbocycles. The van der Waals surface area contributed by atoms with Gasteiger partial charge in [0, 0.05) is 50.6 Å². The van der Waals surface area contributed by atoms with Gasteiger partial charge in [-0.3, -0.25) is 14.4 Å². The Balaban J connectivity index is 1.43. The number of methoxy groups -OCH3 is 1. The van der Waals surface area contributed by atoms with Crippen LogP contribution >= 0.6 is 0 Å². The van der Waals surface area contributed by atoms with Crippen LogP contribution in [0.5, 0.6) is 0 Å². The Morgan fingerprint density at radius 2 is 1.61 bits per heavy atom. The average molecular weight is 780 g/mol. The van der Waals surface area contributed by atoms with Gasteiger partial charge < -0.3 is 24.2 Å². The second kappa shape index (κ2) is 18.1. The lowest BCUT2D eigenvalue weighted by Gasteiger charge is -2.36. The summed E-state index contributed by atoms with van der Waals surface area (Å²) in [5.74, 6) is -1.32. The molecule has 1 aliphatic rings. The first-order valence-corrected chi connectivity index (χ1v) is 20.6. The fourth-order valence-corrected chi connectivity index (χ4v) is 8.05. The first kappa shape index (κ1) is 40.3. The molecular formula is C43H49N5O7S. The third-order valence-electron chi connectivity index (χ3n) is 10.2. The third kappa shape index (κ3) is 8.85. The quantitative estimate of drug-likeness (QED) is 0.123. The van der Waals surface area contributed by atoms with Crippen LogP contribution in [0.2, 0.25) is 0 Å². The molecule has 0 saturated carbocycles. The molecule has 3 amide bonds. The van der Waals surface area contributed by atoms with E-state index >= 15 is 0 Å². The van der Waals surface area contributed by atoms with Gasteiger partial charge in [0.1, 0.15) is 11.5 Å². The molecule has 1 aromatic heterocycles. The maximum Gasteiger partial charge on any atom is 0.274 e. The maximum absolute atomic E-state index is 14.8. The van der Waals surface area contributed by atoms with E-state index in [1.807, 2.05) is 41.3 Å². The molecule has 2 heterocycles. The first-order chi connectivity index (χ1) is 27.1. The second-order valence-electron chi connectivity index (χ2n) is 14.1. The smallest absolute Gasteiger partial charge is 0.274 e. The monoisotopic (exact) mass is 779 g/mol. The minimum atomic E-state index is -4.31. The van der Waals surface area contributed by atoms with Crippen LogP contribution in [0, 0.1) is 0 Å². The number of imidazole rings is 1. The molecule has 0 spiro atoms. The topological polar surface area (TPSA) is 151 Å². The summed E-state index contributed by atoms with van der Waals surface area (Å²) in [6, 6.07) is 23.4. The molecule has 0 saturated heterocycles. The Labute approximate surface area is 328 Å². The van der Waals surface area contributed by atoms with Crippen molar-refractivity contribution in [1.82, 2.24) is 24.1 Å². The number of fused-ring (bicyclic) bond motifs is 2. The van der Waals surface area contributed by atoms with Gasteiger partial charge in [0.2, 0.25) is 0 Å². The van der Waals surface area contributed by atoms with Crippen molar-refractivity contribution < 1.29 is 32.6 Å². The number of carbonyl (C=O) groups is 3. The maximum atomic E-state index is 14.8. The zero-order chi connectivity index (χ0) is 39.8. The van der Waals surface area contributed by atoms with Crippen molar-refractivity contribution in [3.8, 4) is 11.4 Å². The molecule has 1 aliphatic heterocycles. The van der Waals surface area contributed by atoms with Gasteiger partial charge in [0.15, 0.2) is 0 Å². The van der Waals surface area contributed by atoms with Gasteiger partial charge in [0.05, 0.1) is 29.7 Å². The molecule has 2 N–H and O–H groups in total. The number of ether oxygens (including phenoxy) is 1. The number of unbranched alkanes of at least 4 members (excludes halogenated alkanes) is 2. The van der Waals surface area contributed by atoms with E-state index in [0.29, 0.717) is 42.8 Å². The number of hydrogen-bond donors (Lipinski definition) is 2. The molecule has 0 bridgehead atoms. The highest BCUT2D eigenvalue weighted by atomic mass is 32.2. The van der Waals surface area contributed by atoms with E-state index in [4.69, 9.17) is 9.72 Å². The Bertz CT molecular complexity index is 2310. The molecule has 1 unspecified atom stereocenters. The number of aromatic nitrogens is 2. The fraction of sp³-hybridized carbons (Fsp3) is 0.349. The van der Waals surface area contributed by atoms with Crippen LogP contribution in [0.15, 0.2) is 96.0 Å². The highest BCUT2D eigenvalue weighted by molar-refractivity contribution is 7.90. The Hall–Kier alpha value is -5.37. The van der Waals surface area contributed by atoms with Crippen molar-refractivity contribution in [2.24, 2.45) is 0 Å². The van der Waals surface area contributed by atoms with Gasteiger partial charge in [-0.1, -0.05) is 81.3 Å². The molecule has 1 atom stereocenters. The summed E-state index contributed by atoms with van der Waals surface area (Å²) in [6.07, 6.45) is 5.62. The summed E-state index contributed by atoms with van der Waals surface area (Å²) in [6.45, 7) is 5.83. The number of carbonyl (C=O) groups excluding carboxylic acids is 3. The van der Waals surface area contributed by atoms with Crippen molar-refractivity contribution >= 4 is 38.5 Å². The summed E-state index contributed by atoms with van der Waals surface area (Å²) in [4.78, 5) is 50.7. The molecule has 5 aromatic rings. The van der Waals surface area contributed by atoms with E-state index in [1.54, 1.807) is 47.0 Å². The number of hydrogen-bond acceptors (Lipinski definition) is 8. The second-order valence-corrected chi connectivity index (χ2v) is 15.8. The van der Waals surface area contributed by atoms with Gasteiger partial charge in [-0.15, -0.1) is 0 Å². The summed E-state index contributed by atoms with van der Waals surface area (Å²) in [7, 11) is -2.74. The SMILES string of the molecule is CCCCN(CCCC)C(=O)c1cn(CCOC)c(-c2ccc(C(=O)NS(=O)(=O)c3ccc4ccccc4c3)cc2C(=O)N2Cc3ccccc3CC2CO)n1. The van der Waals surface area contributed by atoms with Gasteiger partial charge >= 0.3 is 0 Å². The highest BCUT2D eigenvalue weighted by Crippen LogP contribution is 2.31. The van der Waals surface area contributed by atoms with Crippen LogP contribution in [0.4, 0.5) is 0 Å². The standard InChI is InChI=1S/C43H49N5O7S/c1-4-6-20-46(21-7-5-2)43(52)39-28-47(22-23-55-3)40(44-39)37-19-17-33(41(50)45-56(53,54)36-18-16-30-12-8-9-14-32(30)25-36)26-38(37)42(51)48-27-34-15-11-10-13-31(34)24-35(48)29-49/h8-19,25-26,28,35,49H,4-7,20-24,27,29H2,1-3H3,(H,45,50). The van der Waals surface area contributed by atoms with Crippen molar-refractivity contribution in [3.05, 3.63) is 119 Å². The van der Waals surface area contributed by atoms with Gasteiger partial charge in [0.25, 0.3) is 27.7 Å². The molecule has 13 heteroatoms. The van der Waals surface area contributed by atoms with Crippen LogP contribution in [0.25, 0.3) is 22.2 Å². The van der Waals surface area contributed by atoms with Gasteiger partial charge in [-0.05, 0) is 71.5 Å². The molecule has 56 heavy (non-hydrogen) atoms. The predicted octanol–water partition coefficient (Wildman–Crippen LogP) is 6.07. The summed E-state index contributed by atoms with van der Waals surface area (Å²) in [5, 5.41) is 12.0. The number of nitrogens with zero attached hydrogens (tertiary/aromatic N) is 4. The van der Waals surface area contributed by atoms with E-state index in [0.717, 1.165) is 42.2 Å². The summed E-state index contributed by atoms with van der Waals surface area (Å²) in [5.41, 5.74) is 2.49.